The zero-order valence-corrected chi connectivity index (χ0v) is 12.8. The van der Waals surface area contributed by atoms with Gasteiger partial charge in [0.1, 0.15) is 5.75 Å². The molecule has 0 amide bonds. The summed E-state index contributed by atoms with van der Waals surface area (Å²) < 4.78 is 6.31. The molecule has 1 atom stereocenters. The van der Waals surface area contributed by atoms with E-state index in [0.29, 0.717) is 6.04 Å². The van der Waals surface area contributed by atoms with E-state index in [-0.39, 0.29) is 0 Å². The second-order valence-corrected chi connectivity index (χ2v) is 5.80. The average Bonchev–Trinajstić information content (AvgIpc) is 2.91. The van der Waals surface area contributed by atoms with Gasteiger partial charge >= 0.3 is 0 Å². The number of ether oxygens (including phenoxy) is 1. The van der Waals surface area contributed by atoms with E-state index in [1.54, 1.807) is 18.4 Å². The summed E-state index contributed by atoms with van der Waals surface area (Å²) >= 11 is 5.35. The minimum atomic E-state index is 0.341. The molecule has 1 heterocycles. The molecule has 0 fully saturated rings. The van der Waals surface area contributed by atoms with Crippen molar-refractivity contribution >= 4 is 33.0 Å². The summed E-state index contributed by atoms with van der Waals surface area (Å²) in [4.78, 5) is 1.35. The molecule has 0 aliphatic rings. The van der Waals surface area contributed by atoms with Crippen molar-refractivity contribution in [2.75, 3.05) is 12.4 Å². The van der Waals surface area contributed by atoms with Crippen molar-refractivity contribution in [3.63, 3.8) is 0 Å². The molecule has 0 bridgehead atoms. The Balaban J connectivity index is 2.21. The summed E-state index contributed by atoms with van der Waals surface area (Å²) in [6.07, 6.45) is 1.05. The summed E-state index contributed by atoms with van der Waals surface area (Å²) in [6.45, 7) is 2.19. The van der Waals surface area contributed by atoms with E-state index in [9.17, 15) is 0 Å². The predicted molar refractivity (Wildman–Crippen MR) is 81.7 cm³/mol. The molecular formula is C14H16BrNOS. The van der Waals surface area contributed by atoms with E-state index in [1.165, 1.54) is 4.88 Å². The van der Waals surface area contributed by atoms with Crippen LogP contribution in [0.5, 0.6) is 5.75 Å². The molecule has 1 unspecified atom stereocenters. The van der Waals surface area contributed by atoms with Gasteiger partial charge < -0.3 is 10.1 Å². The van der Waals surface area contributed by atoms with Crippen molar-refractivity contribution in [3.8, 4) is 5.75 Å². The third kappa shape index (κ3) is 3.06. The molecule has 0 spiro atoms. The van der Waals surface area contributed by atoms with Crippen LogP contribution in [-0.2, 0) is 0 Å². The summed E-state index contributed by atoms with van der Waals surface area (Å²) in [7, 11) is 1.68. The van der Waals surface area contributed by atoms with Gasteiger partial charge in [0, 0.05) is 15.4 Å². The lowest BCUT2D eigenvalue weighted by Gasteiger charge is -2.18. The summed E-state index contributed by atoms with van der Waals surface area (Å²) in [5, 5.41) is 5.67. The fraction of sp³-hybridized carbons (Fsp3) is 0.286. The normalized spacial score (nSPS) is 12.2. The van der Waals surface area contributed by atoms with Crippen LogP contribution in [0.4, 0.5) is 5.69 Å². The molecule has 0 radical (unpaired) electrons. The Kier molecular flexibility index (Phi) is 4.66. The first-order valence-corrected chi connectivity index (χ1v) is 7.55. The first-order chi connectivity index (χ1) is 8.74. The van der Waals surface area contributed by atoms with Crippen LogP contribution < -0.4 is 10.1 Å². The molecule has 2 rings (SSSR count). The Morgan fingerprint density at radius 3 is 2.83 bits per heavy atom. The van der Waals surface area contributed by atoms with Gasteiger partial charge in [0.2, 0.25) is 0 Å². The van der Waals surface area contributed by atoms with Gasteiger partial charge in [-0.3, -0.25) is 0 Å². The standard InChI is InChI=1S/C14H16BrNOS/c1-3-12(14-5-4-8-18-14)16-13-9-10(17-2)6-7-11(13)15/h4-9,12,16H,3H2,1-2H3. The molecule has 0 aliphatic heterocycles. The van der Waals surface area contributed by atoms with Crippen LogP contribution in [0.25, 0.3) is 0 Å². The first kappa shape index (κ1) is 13.4. The van der Waals surface area contributed by atoms with Gasteiger partial charge in [-0.2, -0.15) is 0 Å². The van der Waals surface area contributed by atoms with Crippen LogP contribution in [-0.4, -0.2) is 7.11 Å². The first-order valence-electron chi connectivity index (χ1n) is 5.88. The summed E-state index contributed by atoms with van der Waals surface area (Å²) in [6, 6.07) is 10.6. The third-order valence-electron chi connectivity index (χ3n) is 2.80. The van der Waals surface area contributed by atoms with Crippen molar-refractivity contribution < 1.29 is 4.74 Å². The van der Waals surface area contributed by atoms with Crippen molar-refractivity contribution in [2.45, 2.75) is 19.4 Å². The van der Waals surface area contributed by atoms with E-state index >= 15 is 0 Å². The lowest BCUT2D eigenvalue weighted by Crippen LogP contribution is -2.08. The minimum Gasteiger partial charge on any atom is -0.497 e. The lowest BCUT2D eigenvalue weighted by atomic mass is 10.1. The van der Waals surface area contributed by atoms with Crippen LogP contribution in [0.1, 0.15) is 24.3 Å². The third-order valence-corrected chi connectivity index (χ3v) is 4.48. The number of methoxy groups -OCH3 is 1. The highest BCUT2D eigenvalue weighted by Gasteiger charge is 2.12. The fourth-order valence-electron chi connectivity index (χ4n) is 1.79. The van der Waals surface area contributed by atoms with Gasteiger partial charge in [-0.1, -0.05) is 13.0 Å². The van der Waals surface area contributed by atoms with Crippen LogP contribution in [0.2, 0.25) is 0 Å². The average molecular weight is 326 g/mol. The number of hydrogen-bond acceptors (Lipinski definition) is 3. The van der Waals surface area contributed by atoms with Gasteiger partial charge in [-0.05, 0) is 45.9 Å². The smallest absolute Gasteiger partial charge is 0.121 e. The van der Waals surface area contributed by atoms with Gasteiger partial charge in [0.15, 0.2) is 0 Å². The van der Waals surface area contributed by atoms with Gasteiger partial charge in [-0.25, -0.2) is 0 Å². The maximum atomic E-state index is 5.26. The molecule has 2 aromatic rings. The fourth-order valence-corrected chi connectivity index (χ4v) is 3.02. The Morgan fingerprint density at radius 2 is 2.22 bits per heavy atom. The zero-order valence-electron chi connectivity index (χ0n) is 10.4. The number of anilines is 1. The maximum absolute atomic E-state index is 5.26. The van der Waals surface area contributed by atoms with Crippen molar-refractivity contribution in [1.29, 1.82) is 0 Å². The molecule has 1 aromatic carbocycles. The topological polar surface area (TPSA) is 21.3 Å². The molecule has 0 saturated carbocycles. The molecule has 1 aromatic heterocycles. The van der Waals surface area contributed by atoms with Crippen LogP contribution >= 0.6 is 27.3 Å². The quantitative estimate of drug-likeness (QED) is 0.827. The number of nitrogens with one attached hydrogen (secondary N) is 1. The highest BCUT2D eigenvalue weighted by atomic mass is 79.9. The molecule has 18 heavy (non-hydrogen) atoms. The van der Waals surface area contributed by atoms with Crippen LogP contribution in [0, 0.1) is 0 Å². The molecule has 2 nitrogen and oxygen atoms in total. The predicted octanol–water partition coefficient (Wildman–Crippen LogP) is 5.08. The number of rotatable bonds is 5. The SMILES string of the molecule is CCC(Nc1cc(OC)ccc1Br)c1cccs1. The summed E-state index contributed by atoms with van der Waals surface area (Å²) in [5.41, 5.74) is 1.06. The van der Waals surface area contributed by atoms with E-state index < -0.39 is 0 Å². The number of halogens is 1. The van der Waals surface area contributed by atoms with E-state index in [2.05, 4.69) is 45.7 Å². The van der Waals surface area contributed by atoms with Crippen molar-refractivity contribution in [1.82, 2.24) is 0 Å². The Labute approximate surface area is 120 Å². The Hall–Kier alpha value is -1.00. The summed E-state index contributed by atoms with van der Waals surface area (Å²) in [5.74, 6) is 0.863. The van der Waals surface area contributed by atoms with Gasteiger partial charge in [-0.15, -0.1) is 11.3 Å². The monoisotopic (exact) mass is 325 g/mol. The zero-order chi connectivity index (χ0) is 13.0. The number of thiophene rings is 1. The lowest BCUT2D eigenvalue weighted by molar-refractivity contribution is 0.415. The Bertz CT molecular complexity index is 499. The number of benzene rings is 1. The van der Waals surface area contributed by atoms with Crippen molar-refractivity contribution in [2.24, 2.45) is 0 Å². The molecule has 1 N–H and O–H groups in total. The van der Waals surface area contributed by atoms with Gasteiger partial charge in [0.05, 0.1) is 18.8 Å². The van der Waals surface area contributed by atoms with E-state index in [0.717, 1.165) is 22.3 Å². The van der Waals surface area contributed by atoms with E-state index in [4.69, 9.17) is 4.74 Å². The van der Waals surface area contributed by atoms with Gasteiger partial charge in [0.25, 0.3) is 0 Å². The second-order valence-electron chi connectivity index (χ2n) is 3.97. The molecular weight excluding hydrogens is 310 g/mol. The molecule has 0 saturated heterocycles. The second kappa shape index (κ2) is 6.25. The largest absolute Gasteiger partial charge is 0.497 e. The minimum absolute atomic E-state index is 0.341. The van der Waals surface area contributed by atoms with Crippen LogP contribution in [0.3, 0.4) is 0 Å². The molecule has 96 valence electrons. The number of hydrogen-bond donors (Lipinski definition) is 1. The van der Waals surface area contributed by atoms with E-state index in [1.807, 2.05) is 18.2 Å². The maximum Gasteiger partial charge on any atom is 0.121 e. The highest BCUT2D eigenvalue weighted by molar-refractivity contribution is 9.10. The van der Waals surface area contributed by atoms with Crippen molar-refractivity contribution in [3.05, 3.63) is 45.1 Å². The van der Waals surface area contributed by atoms with Crippen LogP contribution in [0.15, 0.2) is 40.2 Å². The molecule has 4 heteroatoms. The highest BCUT2D eigenvalue weighted by Crippen LogP contribution is 2.32. The molecule has 0 aliphatic carbocycles. The Morgan fingerprint density at radius 1 is 1.39 bits per heavy atom.